The first-order valence-electron chi connectivity index (χ1n) is 6.48. The van der Waals surface area contributed by atoms with E-state index in [2.05, 4.69) is 31.4 Å². The number of hydrogen-bond donors (Lipinski definition) is 1. The number of carbonyl (C=O) groups excluding carboxylic acids is 1. The summed E-state index contributed by atoms with van der Waals surface area (Å²) in [5.74, 6) is 0.484. The topological polar surface area (TPSA) is 68.0 Å². The molecule has 104 valence electrons. The maximum atomic E-state index is 12.2. The Balaban J connectivity index is 1.80. The highest BCUT2D eigenvalue weighted by atomic mass is 79.9. The molecule has 2 heterocycles. The van der Waals surface area contributed by atoms with Crippen LogP contribution in [0.2, 0.25) is 0 Å². The lowest BCUT2D eigenvalue weighted by Crippen LogP contribution is -2.29. The van der Waals surface area contributed by atoms with Gasteiger partial charge in [0.05, 0.1) is 11.7 Å². The van der Waals surface area contributed by atoms with Crippen LogP contribution in [0.3, 0.4) is 0 Å². The van der Waals surface area contributed by atoms with Crippen LogP contribution < -0.4 is 5.32 Å². The highest BCUT2D eigenvalue weighted by molar-refractivity contribution is 9.10. The van der Waals surface area contributed by atoms with Crippen LogP contribution in [-0.4, -0.2) is 16.0 Å². The minimum absolute atomic E-state index is 0.0297. The SMILES string of the molecule is Cc1cc(C(=O)N[C@@H](c2cncc(Br)c2)C2CC2)on1. The maximum Gasteiger partial charge on any atom is 0.290 e. The average molecular weight is 336 g/mol. The van der Waals surface area contributed by atoms with Crippen LogP contribution in [0, 0.1) is 12.8 Å². The monoisotopic (exact) mass is 335 g/mol. The zero-order chi connectivity index (χ0) is 14.1. The van der Waals surface area contributed by atoms with Crippen LogP contribution in [0.4, 0.5) is 0 Å². The van der Waals surface area contributed by atoms with Crippen molar-refractivity contribution in [2.75, 3.05) is 0 Å². The lowest BCUT2D eigenvalue weighted by Gasteiger charge is -2.17. The summed E-state index contributed by atoms with van der Waals surface area (Å²) in [4.78, 5) is 16.3. The number of amides is 1. The molecule has 1 aliphatic carbocycles. The van der Waals surface area contributed by atoms with Crippen LogP contribution in [0.1, 0.15) is 40.7 Å². The van der Waals surface area contributed by atoms with Gasteiger partial charge >= 0.3 is 0 Å². The van der Waals surface area contributed by atoms with E-state index in [9.17, 15) is 4.79 Å². The molecule has 0 unspecified atom stereocenters. The summed E-state index contributed by atoms with van der Waals surface area (Å²) in [7, 11) is 0. The van der Waals surface area contributed by atoms with Gasteiger partial charge in [-0.15, -0.1) is 0 Å². The smallest absolute Gasteiger partial charge is 0.290 e. The van der Waals surface area contributed by atoms with Gasteiger partial charge in [0.2, 0.25) is 5.76 Å². The Bertz CT molecular complexity index is 637. The van der Waals surface area contributed by atoms with Gasteiger partial charge < -0.3 is 9.84 Å². The fourth-order valence-corrected chi connectivity index (χ4v) is 2.57. The van der Waals surface area contributed by atoms with Gasteiger partial charge in [-0.1, -0.05) is 5.16 Å². The second kappa shape index (κ2) is 5.36. The van der Waals surface area contributed by atoms with Gasteiger partial charge in [0.25, 0.3) is 5.91 Å². The van der Waals surface area contributed by atoms with Gasteiger partial charge in [0.1, 0.15) is 0 Å². The molecule has 3 rings (SSSR count). The van der Waals surface area contributed by atoms with Gasteiger partial charge in [0.15, 0.2) is 0 Å². The van der Waals surface area contributed by atoms with Gasteiger partial charge in [-0.3, -0.25) is 9.78 Å². The third-order valence-electron chi connectivity index (χ3n) is 3.32. The number of nitrogens with one attached hydrogen (secondary N) is 1. The fraction of sp³-hybridized carbons (Fsp3) is 0.357. The number of rotatable bonds is 4. The third kappa shape index (κ3) is 2.90. The minimum Gasteiger partial charge on any atom is -0.351 e. The predicted octanol–water partition coefficient (Wildman–Crippen LogP) is 3.02. The predicted molar refractivity (Wildman–Crippen MR) is 76.1 cm³/mol. The first kappa shape index (κ1) is 13.3. The standard InChI is InChI=1S/C14H14BrN3O2/c1-8-4-12(20-18-8)14(19)17-13(9-2-3-9)10-5-11(15)7-16-6-10/h4-7,9,13H,2-3H2,1H3,(H,17,19)/t13-/m1/s1. The molecule has 2 aromatic rings. The Morgan fingerprint density at radius 1 is 1.45 bits per heavy atom. The van der Waals surface area contributed by atoms with Crippen molar-refractivity contribution >= 4 is 21.8 Å². The second-order valence-corrected chi connectivity index (χ2v) is 5.97. The average Bonchev–Trinajstić information content (AvgIpc) is 3.17. The molecule has 0 bridgehead atoms. The van der Waals surface area contributed by atoms with E-state index in [1.165, 1.54) is 0 Å². The summed E-state index contributed by atoms with van der Waals surface area (Å²) in [6.07, 6.45) is 5.76. The Morgan fingerprint density at radius 2 is 2.25 bits per heavy atom. The molecule has 20 heavy (non-hydrogen) atoms. The molecule has 6 heteroatoms. The Morgan fingerprint density at radius 3 is 2.85 bits per heavy atom. The molecule has 0 spiro atoms. The van der Waals surface area contributed by atoms with Crippen molar-refractivity contribution in [3.8, 4) is 0 Å². The highest BCUT2D eigenvalue weighted by Crippen LogP contribution is 2.41. The largest absolute Gasteiger partial charge is 0.351 e. The lowest BCUT2D eigenvalue weighted by atomic mass is 10.0. The van der Waals surface area contributed by atoms with Crippen molar-refractivity contribution < 1.29 is 9.32 Å². The molecule has 1 fully saturated rings. The zero-order valence-electron chi connectivity index (χ0n) is 11.0. The fourth-order valence-electron chi connectivity index (χ4n) is 2.18. The normalized spacial score (nSPS) is 15.9. The van der Waals surface area contributed by atoms with E-state index in [1.807, 2.05) is 6.07 Å². The highest BCUT2D eigenvalue weighted by Gasteiger charge is 2.34. The third-order valence-corrected chi connectivity index (χ3v) is 3.75. The molecule has 0 radical (unpaired) electrons. The van der Waals surface area contributed by atoms with Crippen LogP contribution in [0.25, 0.3) is 0 Å². The molecule has 1 atom stereocenters. The zero-order valence-corrected chi connectivity index (χ0v) is 12.6. The molecule has 1 aliphatic rings. The number of halogens is 1. The molecule has 0 saturated heterocycles. The van der Waals surface area contributed by atoms with E-state index in [0.717, 1.165) is 22.9 Å². The Kier molecular flexibility index (Phi) is 3.56. The molecular formula is C14H14BrN3O2. The molecule has 1 N–H and O–H groups in total. The van der Waals surface area contributed by atoms with Crippen molar-refractivity contribution in [3.63, 3.8) is 0 Å². The summed E-state index contributed by atoms with van der Waals surface area (Å²) in [6.45, 7) is 1.79. The molecule has 0 aliphatic heterocycles. The van der Waals surface area contributed by atoms with E-state index in [0.29, 0.717) is 11.6 Å². The summed E-state index contributed by atoms with van der Waals surface area (Å²) in [5.41, 5.74) is 1.70. The van der Waals surface area contributed by atoms with Crippen molar-refractivity contribution in [1.82, 2.24) is 15.5 Å². The van der Waals surface area contributed by atoms with Gasteiger partial charge in [-0.2, -0.15) is 0 Å². The molecule has 2 aromatic heterocycles. The summed E-state index contributed by atoms with van der Waals surface area (Å²) < 4.78 is 5.91. The van der Waals surface area contributed by atoms with Crippen molar-refractivity contribution in [2.24, 2.45) is 5.92 Å². The summed E-state index contributed by atoms with van der Waals surface area (Å²) >= 11 is 3.41. The van der Waals surface area contributed by atoms with Gasteiger partial charge in [0, 0.05) is 22.9 Å². The number of carbonyl (C=O) groups is 1. The van der Waals surface area contributed by atoms with Gasteiger partial charge in [-0.05, 0) is 53.2 Å². The summed E-state index contributed by atoms with van der Waals surface area (Å²) in [5, 5.41) is 6.76. The second-order valence-electron chi connectivity index (χ2n) is 5.06. The lowest BCUT2D eigenvalue weighted by molar-refractivity contribution is 0.0894. The Labute approximate surface area is 124 Å². The molecule has 0 aromatic carbocycles. The van der Waals surface area contributed by atoms with Gasteiger partial charge in [-0.25, -0.2) is 0 Å². The van der Waals surface area contributed by atoms with Crippen LogP contribution in [0.15, 0.2) is 33.5 Å². The minimum atomic E-state index is -0.234. The van der Waals surface area contributed by atoms with E-state index in [1.54, 1.807) is 25.4 Å². The van der Waals surface area contributed by atoms with Crippen LogP contribution in [-0.2, 0) is 0 Å². The molecule has 5 nitrogen and oxygen atoms in total. The first-order valence-corrected chi connectivity index (χ1v) is 7.27. The number of hydrogen-bond acceptors (Lipinski definition) is 4. The molecular weight excluding hydrogens is 322 g/mol. The number of nitrogens with zero attached hydrogens (tertiary/aromatic N) is 2. The number of aryl methyl sites for hydroxylation is 1. The van der Waals surface area contributed by atoms with E-state index < -0.39 is 0 Å². The van der Waals surface area contributed by atoms with Crippen LogP contribution in [0.5, 0.6) is 0 Å². The van der Waals surface area contributed by atoms with Crippen molar-refractivity contribution in [1.29, 1.82) is 0 Å². The van der Waals surface area contributed by atoms with Crippen molar-refractivity contribution in [2.45, 2.75) is 25.8 Å². The van der Waals surface area contributed by atoms with Crippen LogP contribution >= 0.6 is 15.9 Å². The maximum absolute atomic E-state index is 12.2. The number of pyridine rings is 1. The first-order chi connectivity index (χ1) is 9.63. The molecule has 1 saturated carbocycles. The number of aromatic nitrogens is 2. The quantitative estimate of drug-likeness (QED) is 0.932. The van der Waals surface area contributed by atoms with E-state index >= 15 is 0 Å². The summed E-state index contributed by atoms with van der Waals surface area (Å²) in [6, 6.07) is 3.60. The molecule has 1 amide bonds. The van der Waals surface area contributed by atoms with Crippen molar-refractivity contribution in [3.05, 3.63) is 46.0 Å². The Hall–Kier alpha value is -1.69. The van der Waals surface area contributed by atoms with E-state index in [4.69, 9.17) is 4.52 Å². The van der Waals surface area contributed by atoms with E-state index in [-0.39, 0.29) is 17.7 Å².